The highest BCUT2D eigenvalue weighted by molar-refractivity contribution is 5.79. The van der Waals surface area contributed by atoms with Crippen LogP contribution in [0, 0.1) is 0 Å². The number of nitrogens with one attached hydrogen (secondary N) is 1. The second-order valence-electron chi connectivity index (χ2n) is 1.54. The summed E-state index contributed by atoms with van der Waals surface area (Å²) in [5, 5.41) is 10.1. The molecular weight excluding hydrogens is 150 g/mol. The summed E-state index contributed by atoms with van der Waals surface area (Å²) >= 11 is 0. The van der Waals surface area contributed by atoms with Crippen molar-refractivity contribution < 1.29 is 19.5 Å². The minimum absolute atomic E-state index is 0.296. The Balaban J connectivity index is 0. The summed E-state index contributed by atoms with van der Waals surface area (Å²) in [6.45, 7) is 2.41. The van der Waals surface area contributed by atoms with Crippen molar-refractivity contribution in [1.29, 1.82) is 0 Å². The quantitative estimate of drug-likeness (QED) is 0.530. The molecule has 0 aromatic heterocycles. The van der Waals surface area contributed by atoms with Gasteiger partial charge in [0.05, 0.1) is 0 Å². The molecule has 0 heterocycles. The first-order valence-electron chi connectivity index (χ1n) is 2.90. The number of rotatable bonds is 2. The summed E-state index contributed by atoms with van der Waals surface area (Å²) in [7, 11) is 0. The third-order valence-electron chi connectivity index (χ3n) is 0.489. The summed E-state index contributed by atoms with van der Waals surface area (Å²) in [5.74, 6) is -1.35. The Morgan fingerprint density at radius 2 is 1.91 bits per heavy atom. The maximum atomic E-state index is 9.97. The highest BCUT2D eigenvalue weighted by atomic mass is 16.4. The fourth-order valence-corrected chi connectivity index (χ4v) is 0.200. The number of carboxylic acids is 1. The molecule has 0 spiro atoms. The third-order valence-corrected chi connectivity index (χ3v) is 0.489. The molecule has 0 rings (SSSR count). The molecule has 0 radical (unpaired) electrons. The maximum absolute atomic E-state index is 9.97. The van der Waals surface area contributed by atoms with Gasteiger partial charge in [-0.05, 0) is 6.92 Å². The van der Waals surface area contributed by atoms with Crippen molar-refractivity contribution >= 4 is 18.2 Å². The van der Waals surface area contributed by atoms with Crippen LogP contribution in [0.1, 0.15) is 13.8 Å². The third kappa shape index (κ3) is 28.9. The van der Waals surface area contributed by atoms with Crippen LogP contribution >= 0.6 is 0 Å². The van der Waals surface area contributed by atoms with Crippen LogP contribution in [0.15, 0.2) is 0 Å². The van der Waals surface area contributed by atoms with E-state index in [4.69, 9.17) is 9.90 Å². The zero-order chi connectivity index (χ0) is 9.28. The molecule has 0 aromatic rings. The molecule has 11 heavy (non-hydrogen) atoms. The highest BCUT2D eigenvalue weighted by Gasteiger charge is 1.94. The van der Waals surface area contributed by atoms with Crippen LogP contribution in [0.3, 0.4) is 0 Å². The molecule has 0 bridgehead atoms. The minimum atomic E-state index is -1.03. The first kappa shape index (κ1) is 12.3. The normalized spacial score (nSPS) is 7.09. The fourth-order valence-electron chi connectivity index (χ4n) is 0.200. The van der Waals surface area contributed by atoms with E-state index in [2.05, 4.69) is 5.32 Å². The maximum Gasteiger partial charge on any atom is 0.322 e. The van der Waals surface area contributed by atoms with Crippen molar-refractivity contribution in [2.24, 2.45) is 0 Å². The van der Waals surface area contributed by atoms with Crippen LogP contribution in [0.4, 0.5) is 0 Å². The van der Waals surface area contributed by atoms with Crippen LogP contribution in [0.2, 0.25) is 0 Å². The largest absolute Gasteiger partial charge is 0.480 e. The van der Waals surface area contributed by atoms with Gasteiger partial charge >= 0.3 is 5.97 Å². The van der Waals surface area contributed by atoms with Crippen molar-refractivity contribution in [3.8, 4) is 0 Å². The van der Waals surface area contributed by atoms with Gasteiger partial charge in [0.15, 0.2) is 0 Å². The van der Waals surface area contributed by atoms with Crippen molar-refractivity contribution in [2.45, 2.75) is 13.8 Å². The van der Waals surface area contributed by atoms with Gasteiger partial charge in [-0.3, -0.25) is 9.59 Å². The van der Waals surface area contributed by atoms with Gasteiger partial charge in [0.1, 0.15) is 12.8 Å². The Morgan fingerprint density at radius 3 is 2.00 bits per heavy atom. The van der Waals surface area contributed by atoms with Gasteiger partial charge in [0, 0.05) is 6.92 Å². The summed E-state index contributed by atoms with van der Waals surface area (Å²) in [5.41, 5.74) is 0. The molecule has 0 unspecified atom stereocenters. The summed E-state index contributed by atoms with van der Waals surface area (Å²) in [4.78, 5) is 28.5. The Morgan fingerprint density at radius 1 is 1.55 bits per heavy atom. The molecule has 0 aromatic carbocycles. The van der Waals surface area contributed by atoms with E-state index in [0.717, 1.165) is 6.29 Å². The summed E-state index contributed by atoms with van der Waals surface area (Å²) in [6, 6.07) is 0. The number of carbonyl (C=O) groups excluding carboxylic acids is 2. The number of hydrogen-bond donors (Lipinski definition) is 2. The van der Waals surface area contributed by atoms with Crippen molar-refractivity contribution in [3.05, 3.63) is 0 Å². The van der Waals surface area contributed by atoms with Gasteiger partial charge in [0.25, 0.3) is 0 Å². The van der Waals surface area contributed by atoms with E-state index in [9.17, 15) is 9.59 Å². The predicted molar refractivity (Wildman–Crippen MR) is 38.1 cm³/mol. The standard InChI is InChI=1S/C4H7NO3.C2H4O/c1-3(6)5-2-4(7)8;1-2-3/h2H2,1H3,(H,5,6)(H,7,8);2H,1H3. The molecule has 0 aliphatic carbocycles. The Bertz CT molecular complexity index is 130. The first-order valence-corrected chi connectivity index (χ1v) is 2.90. The Kier molecular flexibility index (Phi) is 9.63. The number of amides is 1. The lowest BCUT2D eigenvalue weighted by Gasteiger charge is -1.92. The zero-order valence-electron chi connectivity index (χ0n) is 6.46. The van der Waals surface area contributed by atoms with Gasteiger partial charge in [-0.25, -0.2) is 0 Å². The number of aldehydes is 1. The molecular formula is C6H11NO4. The van der Waals surface area contributed by atoms with Gasteiger partial charge in [-0.15, -0.1) is 0 Å². The topological polar surface area (TPSA) is 83.5 Å². The van der Waals surface area contributed by atoms with Crippen LogP contribution in [-0.2, 0) is 14.4 Å². The SMILES string of the molecule is CC(=O)NCC(=O)O.CC=O. The van der Waals surface area contributed by atoms with E-state index in [-0.39, 0.29) is 12.5 Å². The first-order chi connectivity index (χ1) is 5.04. The van der Waals surface area contributed by atoms with Crippen LogP contribution in [0.5, 0.6) is 0 Å². The molecule has 2 N–H and O–H groups in total. The fraction of sp³-hybridized carbons (Fsp3) is 0.500. The lowest BCUT2D eigenvalue weighted by molar-refractivity contribution is -0.137. The van der Waals surface area contributed by atoms with E-state index in [0.29, 0.717) is 0 Å². The van der Waals surface area contributed by atoms with Crippen LogP contribution in [-0.4, -0.2) is 29.8 Å². The monoisotopic (exact) mass is 161 g/mol. The second kappa shape index (κ2) is 8.61. The van der Waals surface area contributed by atoms with E-state index in [1.807, 2.05) is 0 Å². The lowest BCUT2D eigenvalue weighted by Crippen LogP contribution is -2.26. The van der Waals surface area contributed by atoms with Crippen molar-refractivity contribution in [3.63, 3.8) is 0 Å². The average molecular weight is 161 g/mol. The van der Waals surface area contributed by atoms with Gasteiger partial charge < -0.3 is 15.2 Å². The molecule has 5 nitrogen and oxygen atoms in total. The Labute approximate surface area is 64.4 Å². The van der Waals surface area contributed by atoms with Crippen molar-refractivity contribution in [2.75, 3.05) is 6.54 Å². The minimum Gasteiger partial charge on any atom is -0.480 e. The molecule has 5 heteroatoms. The van der Waals surface area contributed by atoms with Gasteiger partial charge in [-0.2, -0.15) is 0 Å². The van der Waals surface area contributed by atoms with Crippen molar-refractivity contribution in [1.82, 2.24) is 5.32 Å². The molecule has 0 atom stereocenters. The molecule has 0 fully saturated rings. The van der Waals surface area contributed by atoms with Gasteiger partial charge in [-0.1, -0.05) is 0 Å². The van der Waals surface area contributed by atoms with E-state index < -0.39 is 5.97 Å². The lowest BCUT2D eigenvalue weighted by atomic mass is 10.6. The second-order valence-corrected chi connectivity index (χ2v) is 1.54. The number of carbonyl (C=O) groups is 3. The van der Waals surface area contributed by atoms with Crippen LogP contribution in [0.25, 0.3) is 0 Å². The summed E-state index contributed by atoms with van der Waals surface area (Å²) in [6.07, 6.45) is 0.750. The Hall–Kier alpha value is -1.39. The molecule has 1 amide bonds. The highest BCUT2D eigenvalue weighted by Crippen LogP contribution is 1.60. The average Bonchev–Trinajstić information content (AvgIpc) is 1.85. The number of hydrogen-bond acceptors (Lipinski definition) is 3. The van der Waals surface area contributed by atoms with E-state index >= 15 is 0 Å². The van der Waals surface area contributed by atoms with E-state index in [1.165, 1.54) is 13.8 Å². The van der Waals surface area contributed by atoms with Crippen LogP contribution < -0.4 is 5.32 Å². The van der Waals surface area contributed by atoms with E-state index in [1.54, 1.807) is 0 Å². The molecule has 0 saturated carbocycles. The zero-order valence-corrected chi connectivity index (χ0v) is 6.46. The molecule has 0 aliphatic heterocycles. The predicted octanol–water partition coefficient (Wildman–Crippen LogP) is -0.588. The summed E-state index contributed by atoms with van der Waals surface area (Å²) < 4.78 is 0. The number of carboxylic acid groups (broad SMARTS) is 1. The smallest absolute Gasteiger partial charge is 0.322 e. The molecule has 0 aliphatic rings. The number of aliphatic carboxylic acids is 1. The molecule has 64 valence electrons. The van der Waals surface area contributed by atoms with Gasteiger partial charge in [0.2, 0.25) is 5.91 Å². The molecule has 0 saturated heterocycles.